The van der Waals surface area contributed by atoms with Gasteiger partial charge >= 0.3 is 5.97 Å². The van der Waals surface area contributed by atoms with Gasteiger partial charge in [-0.2, -0.15) is 0 Å². The van der Waals surface area contributed by atoms with E-state index in [4.69, 9.17) is 4.74 Å². The van der Waals surface area contributed by atoms with Crippen LogP contribution in [0.25, 0.3) is 0 Å². The van der Waals surface area contributed by atoms with Gasteiger partial charge in [-0.05, 0) is 42.4 Å². The van der Waals surface area contributed by atoms with E-state index in [-0.39, 0.29) is 28.8 Å². The van der Waals surface area contributed by atoms with Crippen LogP contribution in [0.3, 0.4) is 0 Å². The van der Waals surface area contributed by atoms with Gasteiger partial charge in [0, 0.05) is 5.92 Å². The third kappa shape index (κ3) is 1.43. The highest BCUT2D eigenvalue weighted by Gasteiger charge is 2.61. The topological polar surface area (TPSA) is 46.5 Å². The molecule has 3 rings (SSSR count). The summed E-state index contributed by atoms with van der Waals surface area (Å²) in [4.78, 5) is 12.1. The summed E-state index contributed by atoms with van der Waals surface area (Å²) in [6.45, 7) is 7.21. The van der Waals surface area contributed by atoms with E-state index in [1.54, 1.807) is 0 Å². The summed E-state index contributed by atoms with van der Waals surface area (Å²) in [6, 6.07) is 0. The lowest BCUT2D eigenvalue weighted by Crippen LogP contribution is -2.56. The number of aliphatic hydroxyl groups is 1. The zero-order valence-corrected chi connectivity index (χ0v) is 11.6. The molecule has 0 unspecified atom stereocenters. The summed E-state index contributed by atoms with van der Waals surface area (Å²) in [7, 11) is 0. The molecule has 0 aromatic carbocycles. The van der Waals surface area contributed by atoms with Gasteiger partial charge in [0.2, 0.25) is 0 Å². The summed E-state index contributed by atoms with van der Waals surface area (Å²) in [5.74, 6) is 0.938. The average molecular weight is 252 g/mol. The molecule has 5 atom stereocenters. The van der Waals surface area contributed by atoms with E-state index < -0.39 is 0 Å². The molecule has 0 spiro atoms. The van der Waals surface area contributed by atoms with Gasteiger partial charge in [0.1, 0.15) is 0 Å². The van der Waals surface area contributed by atoms with Crippen molar-refractivity contribution in [1.29, 1.82) is 0 Å². The fourth-order valence-electron chi connectivity index (χ4n) is 5.16. The molecule has 2 saturated carbocycles. The predicted molar refractivity (Wildman–Crippen MR) is 67.8 cm³/mol. The van der Waals surface area contributed by atoms with Crippen molar-refractivity contribution < 1.29 is 14.6 Å². The number of carbonyl (C=O) groups excluding carboxylic acids is 1. The molecule has 0 aromatic heterocycles. The lowest BCUT2D eigenvalue weighted by atomic mass is 9.46. The second-order valence-corrected chi connectivity index (χ2v) is 7.38. The fraction of sp³-hybridized carbons (Fsp3) is 0.933. The summed E-state index contributed by atoms with van der Waals surface area (Å²) in [6.07, 6.45) is 3.74. The molecule has 3 aliphatic rings. The SMILES string of the molecule is CC1(C)[C@H]2CC[C@H]3COC(=O)[C@@H]3[C@]2(C)CC[C@@H]1O. The normalized spacial score (nSPS) is 50.3. The number of ether oxygens (including phenoxy) is 1. The minimum Gasteiger partial charge on any atom is -0.465 e. The van der Waals surface area contributed by atoms with Crippen molar-refractivity contribution in [2.75, 3.05) is 6.61 Å². The third-order valence-electron chi connectivity index (χ3n) is 6.21. The maximum Gasteiger partial charge on any atom is 0.309 e. The fourth-order valence-corrected chi connectivity index (χ4v) is 5.16. The van der Waals surface area contributed by atoms with Crippen molar-refractivity contribution >= 4 is 5.97 Å². The van der Waals surface area contributed by atoms with Crippen LogP contribution in [-0.4, -0.2) is 23.8 Å². The lowest BCUT2D eigenvalue weighted by molar-refractivity contribution is -0.164. The van der Waals surface area contributed by atoms with Gasteiger partial charge in [-0.25, -0.2) is 0 Å². The molecule has 3 fully saturated rings. The Bertz CT molecular complexity index is 376. The van der Waals surface area contributed by atoms with Crippen molar-refractivity contribution in [2.45, 2.75) is 52.6 Å². The van der Waals surface area contributed by atoms with Crippen LogP contribution in [0.15, 0.2) is 0 Å². The molecule has 1 aliphatic heterocycles. The number of rotatable bonds is 0. The zero-order valence-electron chi connectivity index (χ0n) is 11.6. The van der Waals surface area contributed by atoms with Crippen molar-refractivity contribution in [1.82, 2.24) is 0 Å². The van der Waals surface area contributed by atoms with E-state index in [1.165, 1.54) is 0 Å². The second kappa shape index (κ2) is 3.72. The highest BCUT2D eigenvalue weighted by Crippen LogP contribution is 2.62. The van der Waals surface area contributed by atoms with Crippen LogP contribution in [0.2, 0.25) is 0 Å². The second-order valence-electron chi connectivity index (χ2n) is 7.38. The minimum atomic E-state index is -0.232. The first-order valence-corrected chi connectivity index (χ1v) is 7.22. The molecule has 1 heterocycles. The summed E-state index contributed by atoms with van der Waals surface area (Å²) in [5, 5.41) is 10.3. The van der Waals surface area contributed by atoms with E-state index in [0.717, 1.165) is 25.7 Å². The Morgan fingerprint density at radius 1 is 1.22 bits per heavy atom. The van der Waals surface area contributed by atoms with Crippen LogP contribution in [-0.2, 0) is 9.53 Å². The Balaban J connectivity index is 1.99. The number of hydrogen-bond acceptors (Lipinski definition) is 3. The van der Waals surface area contributed by atoms with E-state index >= 15 is 0 Å². The first-order valence-electron chi connectivity index (χ1n) is 7.22. The van der Waals surface area contributed by atoms with Gasteiger partial charge in [-0.3, -0.25) is 4.79 Å². The molecule has 2 aliphatic carbocycles. The molecular weight excluding hydrogens is 228 g/mol. The molecule has 1 N–H and O–H groups in total. The Morgan fingerprint density at radius 2 is 1.94 bits per heavy atom. The highest BCUT2D eigenvalue weighted by molar-refractivity contribution is 5.76. The van der Waals surface area contributed by atoms with Crippen molar-refractivity contribution in [2.24, 2.45) is 28.6 Å². The van der Waals surface area contributed by atoms with Crippen molar-refractivity contribution in [3.8, 4) is 0 Å². The van der Waals surface area contributed by atoms with Crippen LogP contribution in [0.5, 0.6) is 0 Å². The number of fused-ring (bicyclic) bond motifs is 3. The first-order chi connectivity index (χ1) is 8.37. The molecule has 0 radical (unpaired) electrons. The molecule has 3 nitrogen and oxygen atoms in total. The van der Waals surface area contributed by atoms with E-state index in [0.29, 0.717) is 18.4 Å². The maximum absolute atomic E-state index is 12.1. The monoisotopic (exact) mass is 252 g/mol. The molecule has 102 valence electrons. The van der Waals surface area contributed by atoms with Crippen LogP contribution in [0.4, 0.5) is 0 Å². The van der Waals surface area contributed by atoms with Gasteiger partial charge in [-0.1, -0.05) is 20.8 Å². The van der Waals surface area contributed by atoms with Crippen molar-refractivity contribution in [3.63, 3.8) is 0 Å². The Kier molecular flexibility index (Phi) is 2.58. The van der Waals surface area contributed by atoms with Gasteiger partial charge in [0.15, 0.2) is 0 Å². The maximum atomic E-state index is 12.1. The number of hydrogen-bond donors (Lipinski definition) is 1. The average Bonchev–Trinajstić information content (AvgIpc) is 2.68. The quantitative estimate of drug-likeness (QED) is 0.673. The largest absolute Gasteiger partial charge is 0.465 e. The van der Waals surface area contributed by atoms with Crippen LogP contribution < -0.4 is 0 Å². The molecule has 0 aromatic rings. The molecule has 18 heavy (non-hydrogen) atoms. The predicted octanol–water partition coefficient (Wildman–Crippen LogP) is 2.37. The highest BCUT2D eigenvalue weighted by atomic mass is 16.5. The Hall–Kier alpha value is -0.570. The lowest BCUT2D eigenvalue weighted by Gasteiger charge is -2.58. The van der Waals surface area contributed by atoms with Gasteiger partial charge in [0.25, 0.3) is 0 Å². The van der Waals surface area contributed by atoms with Crippen molar-refractivity contribution in [3.05, 3.63) is 0 Å². The van der Waals surface area contributed by atoms with E-state index in [9.17, 15) is 9.90 Å². The number of carbonyl (C=O) groups is 1. The Morgan fingerprint density at radius 3 is 2.67 bits per heavy atom. The third-order valence-corrected chi connectivity index (χ3v) is 6.21. The van der Waals surface area contributed by atoms with Crippen LogP contribution in [0.1, 0.15) is 46.5 Å². The molecule has 0 amide bonds. The van der Waals surface area contributed by atoms with E-state index in [1.807, 2.05) is 0 Å². The summed E-state index contributed by atoms with van der Waals surface area (Å²) >= 11 is 0. The number of esters is 1. The summed E-state index contributed by atoms with van der Waals surface area (Å²) < 4.78 is 5.31. The smallest absolute Gasteiger partial charge is 0.309 e. The van der Waals surface area contributed by atoms with Crippen LogP contribution >= 0.6 is 0 Å². The van der Waals surface area contributed by atoms with E-state index in [2.05, 4.69) is 20.8 Å². The molecule has 1 saturated heterocycles. The first kappa shape index (κ1) is 12.5. The number of aliphatic hydroxyl groups excluding tert-OH is 1. The molecule has 0 bridgehead atoms. The van der Waals surface area contributed by atoms with Gasteiger partial charge in [-0.15, -0.1) is 0 Å². The minimum absolute atomic E-state index is 0.0133. The van der Waals surface area contributed by atoms with Crippen LogP contribution in [0, 0.1) is 28.6 Å². The summed E-state index contributed by atoms with van der Waals surface area (Å²) in [5.41, 5.74) is -0.0555. The standard InChI is InChI=1S/C15H24O3/c1-14(2)10-5-4-9-8-18-13(17)12(9)15(10,3)7-6-11(14)16/h9-12,16H,4-8H2,1-3H3/t9-,10+,11-,12+,15+/m0/s1. The van der Waals surface area contributed by atoms with Gasteiger partial charge in [0.05, 0.1) is 18.6 Å². The zero-order chi connectivity index (χ0) is 13.1. The molecule has 3 heteroatoms. The number of cyclic esters (lactones) is 1. The van der Waals surface area contributed by atoms with Gasteiger partial charge < -0.3 is 9.84 Å². The Labute approximate surface area is 109 Å². The molecular formula is C15H24O3.